The smallest absolute Gasteiger partial charge is 0.130 e. The molecule has 0 aliphatic heterocycles. The Hall–Kier alpha value is -1.46. The number of terminal acetylenes is 1. The fourth-order valence-electron chi connectivity index (χ4n) is 5.81. The summed E-state index contributed by atoms with van der Waals surface area (Å²) < 4.78 is 0. The van der Waals surface area contributed by atoms with E-state index in [-0.39, 0.29) is 5.41 Å². The van der Waals surface area contributed by atoms with Gasteiger partial charge in [0.05, 0.1) is 0 Å². The van der Waals surface area contributed by atoms with E-state index in [9.17, 15) is 10.2 Å². The Labute approximate surface area is 132 Å². The molecule has 2 fully saturated rings. The van der Waals surface area contributed by atoms with Crippen LogP contribution in [0.1, 0.15) is 56.1 Å². The molecule has 0 bridgehead atoms. The molecule has 4 rings (SSSR count). The average molecular weight is 296 g/mol. The molecule has 22 heavy (non-hydrogen) atoms. The summed E-state index contributed by atoms with van der Waals surface area (Å²) in [5.74, 6) is 4.71. The lowest BCUT2D eigenvalue weighted by Crippen LogP contribution is -2.50. The van der Waals surface area contributed by atoms with Crippen molar-refractivity contribution in [1.29, 1.82) is 0 Å². The Bertz CT molecular complexity index is 658. The second-order valence-electron chi connectivity index (χ2n) is 7.80. The van der Waals surface area contributed by atoms with Gasteiger partial charge in [-0.15, -0.1) is 6.42 Å². The molecule has 3 aliphatic rings. The van der Waals surface area contributed by atoms with E-state index in [2.05, 4.69) is 18.9 Å². The highest BCUT2D eigenvalue weighted by atomic mass is 16.3. The minimum atomic E-state index is -0.929. The molecular weight excluding hydrogens is 272 g/mol. The van der Waals surface area contributed by atoms with Gasteiger partial charge in [-0.2, -0.15) is 0 Å². The Balaban J connectivity index is 1.74. The van der Waals surface area contributed by atoms with Gasteiger partial charge in [-0.1, -0.05) is 18.9 Å². The number of aryl methyl sites for hydroxylation is 1. The molecule has 5 atom stereocenters. The van der Waals surface area contributed by atoms with Crippen LogP contribution in [-0.2, 0) is 6.42 Å². The molecule has 0 heterocycles. The van der Waals surface area contributed by atoms with Crippen LogP contribution in [0.5, 0.6) is 5.75 Å². The Morgan fingerprint density at radius 2 is 2.05 bits per heavy atom. The zero-order chi connectivity index (χ0) is 15.5. The molecule has 0 amide bonds. The maximum atomic E-state index is 10.9. The van der Waals surface area contributed by atoms with Gasteiger partial charge in [0.15, 0.2) is 0 Å². The second kappa shape index (κ2) is 4.52. The van der Waals surface area contributed by atoms with E-state index in [0.717, 1.165) is 32.1 Å². The largest absolute Gasteiger partial charge is 0.508 e. The van der Waals surface area contributed by atoms with E-state index in [1.165, 1.54) is 17.5 Å². The molecule has 0 spiro atoms. The number of hydrogen-bond acceptors (Lipinski definition) is 2. The summed E-state index contributed by atoms with van der Waals surface area (Å²) in [7, 11) is 0. The number of aliphatic hydroxyl groups is 1. The average Bonchev–Trinajstić information content (AvgIpc) is 2.79. The molecule has 0 aromatic heterocycles. The lowest BCUT2D eigenvalue weighted by Gasteiger charge is -2.52. The van der Waals surface area contributed by atoms with Crippen LogP contribution in [0.4, 0.5) is 0 Å². The highest BCUT2D eigenvalue weighted by Crippen LogP contribution is 2.64. The van der Waals surface area contributed by atoms with Gasteiger partial charge in [-0.25, -0.2) is 0 Å². The van der Waals surface area contributed by atoms with Gasteiger partial charge >= 0.3 is 0 Å². The Morgan fingerprint density at radius 1 is 1.23 bits per heavy atom. The quantitative estimate of drug-likeness (QED) is 0.718. The number of benzene rings is 1. The van der Waals surface area contributed by atoms with Gasteiger partial charge < -0.3 is 10.2 Å². The van der Waals surface area contributed by atoms with Crippen molar-refractivity contribution in [1.82, 2.24) is 0 Å². The highest BCUT2D eigenvalue weighted by Gasteiger charge is 2.61. The van der Waals surface area contributed by atoms with Crippen LogP contribution in [0.3, 0.4) is 0 Å². The van der Waals surface area contributed by atoms with Crippen LogP contribution in [0.25, 0.3) is 0 Å². The first kappa shape index (κ1) is 14.2. The van der Waals surface area contributed by atoms with Gasteiger partial charge in [0.2, 0.25) is 0 Å². The third-order valence-electron chi connectivity index (χ3n) is 7.10. The third-order valence-corrected chi connectivity index (χ3v) is 7.10. The summed E-state index contributed by atoms with van der Waals surface area (Å²) in [6.07, 6.45) is 11.8. The normalized spacial score (nSPS) is 42.9. The molecule has 116 valence electrons. The Morgan fingerprint density at radius 3 is 2.82 bits per heavy atom. The van der Waals surface area contributed by atoms with E-state index in [1.54, 1.807) is 6.07 Å². The van der Waals surface area contributed by atoms with Crippen molar-refractivity contribution in [2.45, 2.75) is 57.0 Å². The van der Waals surface area contributed by atoms with E-state index in [4.69, 9.17) is 6.42 Å². The number of phenols is 1. The number of rotatable bonds is 0. The standard InChI is InChI=1S/C20H24O2/c1-3-20(22)11-9-18-16-7-5-13-4-6-14(21)12-17(13)15(16)8-10-19(18,20)2/h1,4,6,12,15-16,18,21-22H,5,7-11H2,2H3/t15-,16+,18-,19-,20-/m0/s1. The first-order chi connectivity index (χ1) is 10.5. The molecule has 2 N–H and O–H groups in total. The zero-order valence-corrected chi connectivity index (χ0v) is 13.2. The van der Waals surface area contributed by atoms with Crippen LogP contribution in [-0.4, -0.2) is 15.8 Å². The predicted molar refractivity (Wildman–Crippen MR) is 86.5 cm³/mol. The molecule has 0 radical (unpaired) electrons. The SMILES string of the molecule is C#C[C@]1(O)CC[C@H]2[C@@H]3CCc4ccc(O)cc4[C@H]3CC[C@@]21C. The van der Waals surface area contributed by atoms with Crippen LogP contribution in [0.15, 0.2) is 18.2 Å². The minimum absolute atomic E-state index is 0.142. The lowest BCUT2D eigenvalue weighted by molar-refractivity contribution is -0.0647. The maximum absolute atomic E-state index is 10.9. The van der Waals surface area contributed by atoms with Crippen molar-refractivity contribution >= 4 is 0 Å². The first-order valence-electron chi connectivity index (χ1n) is 8.50. The molecule has 0 unspecified atom stereocenters. The second-order valence-corrected chi connectivity index (χ2v) is 7.80. The summed E-state index contributed by atoms with van der Waals surface area (Å²) in [5.41, 5.74) is 1.67. The zero-order valence-electron chi connectivity index (χ0n) is 13.2. The molecule has 3 aliphatic carbocycles. The number of hydrogen-bond donors (Lipinski definition) is 2. The highest BCUT2D eigenvalue weighted by molar-refractivity contribution is 5.40. The molecular formula is C20H24O2. The van der Waals surface area contributed by atoms with Crippen molar-refractivity contribution < 1.29 is 10.2 Å². The fourth-order valence-corrected chi connectivity index (χ4v) is 5.81. The van der Waals surface area contributed by atoms with Crippen LogP contribution < -0.4 is 0 Å². The monoisotopic (exact) mass is 296 g/mol. The van der Waals surface area contributed by atoms with E-state index in [1.807, 2.05) is 6.07 Å². The van der Waals surface area contributed by atoms with Crippen molar-refractivity contribution in [2.75, 3.05) is 0 Å². The summed E-state index contributed by atoms with van der Waals surface area (Å²) in [6, 6.07) is 5.86. The van der Waals surface area contributed by atoms with E-state index >= 15 is 0 Å². The van der Waals surface area contributed by atoms with Crippen LogP contribution >= 0.6 is 0 Å². The molecule has 1 aromatic carbocycles. The molecule has 0 saturated heterocycles. The minimum Gasteiger partial charge on any atom is -0.508 e. The van der Waals surface area contributed by atoms with E-state index in [0.29, 0.717) is 23.5 Å². The van der Waals surface area contributed by atoms with Gasteiger partial charge in [-0.05, 0) is 79.5 Å². The number of phenolic OH excluding ortho intramolecular Hbond substituents is 1. The molecule has 2 saturated carbocycles. The van der Waals surface area contributed by atoms with Gasteiger partial charge in [0.1, 0.15) is 11.4 Å². The first-order valence-corrected chi connectivity index (χ1v) is 8.50. The van der Waals surface area contributed by atoms with Crippen LogP contribution in [0.2, 0.25) is 0 Å². The summed E-state index contributed by atoms with van der Waals surface area (Å²) in [5, 5.41) is 20.8. The van der Waals surface area contributed by atoms with Gasteiger partial charge in [0.25, 0.3) is 0 Å². The molecule has 2 heteroatoms. The predicted octanol–water partition coefficient (Wildman–Crippen LogP) is 3.61. The number of fused-ring (bicyclic) bond motifs is 5. The fraction of sp³-hybridized carbons (Fsp3) is 0.600. The van der Waals surface area contributed by atoms with E-state index < -0.39 is 5.60 Å². The number of aromatic hydroxyl groups is 1. The van der Waals surface area contributed by atoms with Crippen molar-refractivity contribution in [3.63, 3.8) is 0 Å². The topological polar surface area (TPSA) is 40.5 Å². The lowest BCUT2D eigenvalue weighted by atomic mass is 9.53. The summed E-state index contributed by atoms with van der Waals surface area (Å²) in [4.78, 5) is 0. The maximum Gasteiger partial charge on any atom is 0.130 e. The van der Waals surface area contributed by atoms with Crippen LogP contribution in [0, 0.1) is 29.6 Å². The summed E-state index contributed by atoms with van der Waals surface area (Å²) in [6.45, 7) is 2.21. The van der Waals surface area contributed by atoms with Crippen molar-refractivity contribution in [3.8, 4) is 18.1 Å². The van der Waals surface area contributed by atoms with Crippen molar-refractivity contribution in [3.05, 3.63) is 29.3 Å². The molecule has 1 aromatic rings. The van der Waals surface area contributed by atoms with Gasteiger partial charge in [0, 0.05) is 5.41 Å². The summed E-state index contributed by atoms with van der Waals surface area (Å²) >= 11 is 0. The third kappa shape index (κ3) is 1.66. The Kier molecular flexibility index (Phi) is 2.91. The van der Waals surface area contributed by atoms with Crippen molar-refractivity contribution in [2.24, 2.45) is 17.3 Å². The molecule has 2 nitrogen and oxygen atoms in total. The van der Waals surface area contributed by atoms with Gasteiger partial charge in [-0.3, -0.25) is 0 Å².